The molecule has 0 unspecified atom stereocenters. The van der Waals surface area contributed by atoms with Crippen molar-refractivity contribution >= 4 is 11.5 Å². The summed E-state index contributed by atoms with van der Waals surface area (Å²) in [5.41, 5.74) is 3.56. The fourth-order valence-electron chi connectivity index (χ4n) is 3.04. The molecule has 0 bridgehead atoms. The molecule has 0 aliphatic rings. The number of nitrogens with zero attached hydrogens (tertiary/aromatic N) is 1. The van der Waals surface area contributed by atoms with Crippen molar-refractivity contribution in [3.8, 4) is 16.9 Å². The second-order valence-electron chi connectivity index (χ2n) is 7.11. The zero-order valence-corrected chi connectivity index (χ0v) is 15.0. The molecule has 25 heavy (non-hydrogen) atoms. The van der Waals surface area contributed by atoms with Crippen LogP contribution < -0.4 is 4.74 Å². The molecule has 0 amide bonds. The van der Waals surface area contributed by atoms with E-state index >= 15 is 0 Å². The standard InChI is InChI=1S/C21H23NO3/c1-5-25-18-10-9-14(21(2,3)4)12-15(18)16-13-22-11-7-6-8-17(22)19(16)20(23)24/h6-13H,5H2,1-4H3,(H,23,24). The average Bonchev–Trinajstić information content (AvgIpc) is 2.94. The Balaban J connectivity index is 2.33. The van der Waals surface area contributed by atoms with Gasteiger partial charge in [-0.15, -0.1) is 0 Å². The van der Waals surface area contributed by atoms with Gasteiger partial charge >= 0.3 is 5.97 Å². The van der Waals surface area contributed by atoms with Gasteiger partial charge in [-0.05, 0) is 42.2 Å². The van der Waals surface area contributed by atoms with Crippen molar-refractivity contribution in [2.24, 2.45) is 0 Å². The summed E-state index contributed by atoms with van der Waals surface area (Å²) in [4.78, 5) is 12.0. The van der Waals surface area contributed by atoms with E-state index in [4.69, 9.17) is 4.74 Å². The van der Waals surface area contributed by atoms with Gasteiger partial charge in [-0.3, -0.25) is 0 Å². The van der Waals surface area contributed by atoms with Gasteiger partial charge in [0.1, 0.15) is 5.75 Å². The highest BCUT2D eigenvalue weighted by molar-refractivity contribution is 6.04. The Morgan fingerprint density at radius 1 is 1.16 bits per heavy atom. The molecule has 2 heterocycles. The molecular weight excluding hydrogens is 314 g/mol. The molecule has 1 aromatic carbocycles. The molecule has 130 valence electrons. The van der Waals surface area contributed by atoms with Gasteiger partial charge in [-0.25, -0.2) is 4.79 Å². The van der Waals surface area contributed by atoms with E-state index in [0.717, 1.165) is 11.1 Å². The zero-order chi connectivity index (χ0) is 18.2. The molecule has 3 rings (SSSR count). The molecule has 2 aromatic heterocycles. The third-order valence-corrected chi connectivity index (χ3v) is 4.33. The topological polar surface area (TPSA) is 50.9 Å². The molecule has 3 aromatic rings. The van der Waals surface area contributed by atoms with Crippen LogP contribution in [-0.4, -0.2) is 22.1 Å². The Bertz CT molecular complexity index is 932. The Morgan fingerprint density at radius 2 is 1.92 bits per heavy atom. The number of aromatic nitrogens is 1. The van der Waals surface area contributed by atoms with Crippen molar-refractivity contribution in [2.75, 3.05) is 6.61 Å². The molecule has 0 aliphatic carbocycles. The third-order valence-electron chi connectivity index (χ3n) is 4.33. The van der Waals surface area contributed by atoms with E-state index in [1.807, 2.05) is 60.1 Å². The van der Waals surface area contributed by atoms with Gasteiger partial charge in [0.25, 0.3) is 0 Å². The lowest BCUT2D eigenvalue weighted by atomic mass is 9.85. The number of rotatable bonds is 4. The molecule has 0 aliphatic heterocycles. The summed E-state index contributed by atoms with van der Waals surface area (Å²) in [5, 5.41) is 9.81. The maximum atomic E-state index is 12.0. The first-order chi connectivity index (χ1) is 11.8. The predicted octanol–water partition coefficient (Wildman–Crippen LogP) is 5.00. The maximum Gasteiger partial charge on any atom is 0.338 e. The van der Waals surface area contributed by atoms with Crippen molar-refractivity contribution in [3.63, 3.8) is 0 Å². The van der Waals surface area contributed by atoms with Crippen LogP contribution in [0.4, 0.5) is 0 Å². The van der Waals surface area contributed by atoms with Crippen LogP contribution in [0.25, 0.3) is 16.6 Å². The lowest BCUT2D eigenvalue weighted by Gasteiger charge is -2.21. The minimum atomic E-state index is -0.938. The minimum absolute atomic E-state index is 0.0396. The van der Waals surface area contributed by atoms with E-state index < -0.39 is 5.97 Å². The molecular formula is C21H23NO3. The predicted molar refractivity (Wildman–Crippen MR) is 99.7 cm³/mol. The number of hydrogen-bond donors (Lipinski definition) is 1. The number of fused-ring (bicyclic) bond motifs is 1. The molecule has 0 saturated heterocycles. The van der Waals surface area contributed by atoms with E-state index in [1.165, 1.54) is 0 Å². The largest absolute Gasteiger partial charge is 0.493 e. The molecule has 4 nitrogen and oxygen atoms in total. The first kappa shape index (κ1) is 17.1. The van der Waals surface area contributed by atoms with E-state index in [1.54, 1.807) is 0 Å². The first-order valence-corrected chi connectivity index (χ1v) is 8.43. The smallest absolute Gasteiger partial charge is 0.338 e. The average molecular weight is 337 g/mol. The number of carboxylic acids is 1. The number of benzene rings is 1. The number of carboxylic acid groups (broad SMARTS) is 1. The lowest BCUT2D eigenvalue weighted by molar-refractivity contribution is 0.0700. The van der Waals surface area contributed by atoms with Gasteiger partial charge in [0, 0.05) is 23.5 Å². The van der Waals surface area contributed by atoms with Crippen molar-refractivity contribution in [3.05, 3.63) is 59.9 Å². The van der Waals surface area contributed by atoms with Crippen molar-refractivity contribution in [1.82, 2.24) is 4.40 Å². The Morgan fingerprint density at radius 3 is 2.56 bits per heavy atom. The first-order valence-electron chi connectivity index (χ1n) is 8.43. The second kappa shape index (κ2) is 6.28. The van der Waals surface area contributed by atoms with Gasteiger partial charge in [-0.1, -0.05) is 32.9 Å². The van der Waals surface area contributed by atoms with E-state index in [-0.39, 0.29) is 5.41 Å². The van der Waals surface area contributed by atoms with E-state index in [9.17, 15) is 9.90 Å². The summed E-state index contributed by atoms with van der Waals surface area (Å²) in [7, 11) is 0. The molecule has 0 spiro atoms. The number of hydrogen-bond acceptors (Lipinski definition) is 2. The summed E-state index contributed by atoms with van der Waals surface area (Å²) in [6.07, 6.45) is 3.72. The van der Waals surface area contributed by atoms with Gasteiger partial charge in [0.2, 0.25) is 0 Å². The Labute approximate surface area is 147 Å². The Kier molecular flexibility index (Phi) is 4.29. The fourth-order valence-corrected chi connectivity index (χ4v) is 3.04. The number of carbonyl (C=O) groups is 1. The van der Waals surface area contributed by atoms with Gasteiger partial charge in [-0.2, -0.15) is 0 Å². The van der Waals surface area contributed by atoms with E-state index in [0.29, 0.717) is 29.0 Å². The monoisotopic (exact) mass is 337 g/mol. The van der Waals surface area contributed by atoms with Crippen molar-refractivity contribution < 1.29 is 14.6 Å². The minimum Gasteiger partial charge on any atom is -0.493 e. The normalized spacial score (nSPS) is 11.7. The van der Waals surface area contributed by atoms with Crippen LogP contribution in [0.3, 0.4) is 0 Å². The zero-order valence-electron chi connectivity index (χ0n) is 15.0. The summed E-state index contributed by atoms with van der Waals surface area (Å²) in [5.74, 6) is -0.235. The number of aromatic carboxylic acids is 1. The highest BCUT2D eigenvalue weighted by Gasteiger charge is 2.23. The molecule has 4 heteroatoms. The van der Waals surface area contributed by atoms with Crippen molar-refractivity contribution in [1.29, 1.82) is 0 Å². The van der Waals surface area contributed by atoms with Crippen LogP contribution in [0.2, 0.25) is 0 Å². The highest BCUT2D eigenvalue weighted by Crippen LogP contribution is 2.38. The van der Waals surface area contributed by atoms with Crippen LogP contribution in [-0.2, 0) is 5.41 Å². The molecule has 1 N–H and O–H groups in total. The number of ether oxygens (including phenoxy) is 1. The van der Waals surface area contributed by atoms with E-state index in [2.05, 4.69) is 20.8 Å². The molecule has 0 fully saturated rings. The quantitative estimate of drug-likeness (QED) is 0.729. The summed E-state index contributed by atoms with van der Waals surface area (Å²) >= 11 is 0. The fraction of sp³-hybridized carbons (Fsp3) is 0.286. The highest BCUT2D eigenvalue weighted by atomic mass is 16.5. The maximum absolute atomic E-state index is 12.0. The van der Waals surface area contributed by atoms with Gasteiger partial charge in [0.15, 0.2) is 0 Å². The summed E-state index contributed by atoms with van der Waals surface area (Å²) in [6, 6.07) is 11.6. The molecule has 0 radical (unpaired) electrons. The summed E-state index contributed by atoms with van der Waals surface area (Å²) < 4.78 is 7.63. The van der Waals surface area contributed by atoms with Crippen LogP contribution in [0.5, 0.6) is 5.75 Å². The second-order valence-corrected chi connectivity index (χ2v) is 7.11. The van der Waals surface area contributed by atoms with Crippen LogP contribution in [0.1, 0.15) is 43.6 Å². The lowest BCUT2D eigenvalue weighted by Crippen LogP contribution is -2.11. The Hall–Kier alpha value is -2.75. The van der Waals surface area contributed by atoms with Crippen molar-refractivity contribution in [2.45, 2.75) is 33.1 Å². The van der Waals surface area contributed by atoms with Gasteiger partial charge < -0.3 is 14.2 Å². The SMILES string of the molecule is CCOc1ccc(C(C)(C)C)cc1-c1cn2ccccc2c1C(=O)O. The molecule has 0 atom stereocenters. The summed E-state index contributed by atoms with van der Waals surface area (Å²) in [6.45, 7) is 8.87. The van der Waals surface area contributed by atoms with Crippen LogP contribution >= 0.6 is 0 Å². The van der Waals surface area contributed by atoms with Crippen LogP contribution in [0.15, 0.2) is 48.8 Å². The van der Waals surface area contributed by atoms with Gasteiger partial charge in [0.05, 0.1) is 17.7 Å². The molecule has 0 saturated carbocycles. The van der Waals surface area contributed by atoms with Crippen LogP contribution in [0, 0.1) is 0 Å². The number of pyridine rings is 1. The third kappa shape index (κ3) is 3.12.